The van der Waals surface area contributed by atoms with Gasteiger partial charge < -0.3 is 0 Å². The van der Waals surface area contributed by atoms with E-state index in [0.717, 1.165) is 0 Å². The molecule has 54 valence electrons. The summed E-state index contributed by atoms with van der Waals surface area (Å²) in [5.74, 6) is 0. The standard InChI is InChI=1S/C10H6Br.Li/c11-10-7-3-5-8-4-1-2-6-9(8)10;/h1-4,6-7H;. The van der Waals surface area contributed by atoms with Crippen LogP contribution in [0.1, 0.15) is 0 Å². The first-order valence-electron chi connectivity index (χ1n) is 3.93. The van der Waals surface area contributed by atoms with Crippen molar-refractivity contribution in [3.63, 3.8) is 0 Å². The number of benzene rings is 2. The van der Waals surface area contributed by atoms with Crippen LogP contribution < -0.4 is 4.24 Å². The third-order valence-electron chi connectivity index (χ3n) is 2.09. The molecule has 0 fully saturated rings. The molecule has 0 bridgehead atoms. The molecule has 0 unspecified atom stereocenters. The average molecular weight is 213 g/mol. The van der Waals surface area contributed by atoms with Crippen molar-refractivity contribution >= 4 is 48.7 Å². The molecule has 0 N–H and O–H groups in total. The molecule has 0 amide bonds. The van der Waals surface area contributed by atoms with Gasteiger partial charge in [0.05, 0.1) is 0 Å². The second-order valence-corrected chi connectivity index (χ2v) is 3.76. The van der Waals surface area contributed by atoms with Crippen LogP contribution in [0.4, 0.5) is 0 Å². The van der Waals surface area contributed by atoms with Crippen molar-refractivity contribution in [1.82, 2.24) is 0 Å². The molecule has 0 aromatic heterocycles. The number of halogens is 1. The minimum absolute atomic E-state index is 1.17. The van der Waals surface area contributed by atoms with E-state index in [4.69, 9.17) is 0 Å². The summed E-state index contributed by atoms with van der Waals surface area (Å²) in [7, 11) is 0. The average Bonchev–Trinajstić information content (AvgIpc) is 2.12. The van der Waals surface area contributed by atoms with Gasteiger partial charge in [-0.3, -0.25) is 0 Å². The Morgan fingerprint density at radius 1 is 0.917 bits per heavy atom. The Bertz CT molecular complexity index is 383. The fourth-order valence-corrected chi connectivity index (χ4v) is 1.89. The van der Waals surface area contributed by atoms with Gasteiger partial charge in [0.15, 0.2) is 0 Å². The minimum atomic E-state index is 1.17. The predicted molar refractivity (Wildman–Crippen MR) is 57.0 cm³/mol. The number of fused-ring (bicyclic) bond motifs is 1. The Hall–Kier alpha value is -0.223. The molecule has 2 aromatic carbocycles. The van der Waals surface area contributed by atoms with Gasteiger partial charge in [-0.15, -0.1) is 0 Å². The number of rotatable bonds is 0. The second kappa shape index (κ2) is 3.26. The van der Waals surface area contributed by atoms with Crippen molar-refractivity contribution in [2.75, 3.05) is 0 Å². The van der Waals surface area contributed by atoms with Crippen molar-refractivity contribution in [1.29, 1.82) is 0 Å². The summed E-state index contributed by atoms with van der Waals surface area (Å²) in [6.07, 6.45) is 0. The molecule has 0 saturated heterocycles. The molecule has 0 aliphatic heterocycles. The molecular formula is C10H6BrLi. The molecule has 2 rings (SSSR count). The maximum absolute atomic E-state index is 3.53. The summed E-state index contributed by atoms with van der Waals surface area (Å²) < 4.78 is 2.50. The van der Waals surface area contributed by atoms with E-state index < -0.39 is 0 Å². The van der Waals surface area contributed by atoms with Crippen LogP contribution in [0.2, 0.25) is 0 Å². The Morgan fingerprint density at radius 2 is 1.58 bits per heavy atom. The van der Waals surface area contributed by atoms with Crippen LogP contribution in [0.5, 0.6) is 0 Å². The molecule has 0 nitrogen and oxygen atoms in total. The zero-order valence-corrected chi connectivity index (χ0v) is 8.43. The zero-order chi connectivity index (χ0) is 8.55. The van der Waals surface area contributed by atoms with Gasteiger partial charge in [-0.25, -0.2) is 0 Å². The Morgan fingerprint density at radius 3 is 2.25 bits per heavy atom. The monoisotopic (exact) mass is 212 g/mol. The van der Waals surface area contributed by atoms with Crippen LogP contribution in [0.25, 0.3) is 10.8 Å². The molecule has 12 heavy (non-hydrogen) atoms. The van der Waals surface area contributed by atoms with Crippen LogP contribution in [0.3, 0.4) is 0 Å². The quantitative estimate of drug-likeness (QED) is 0.589. The first-order chi connectivity index (χ1) is 5.79. The molecular weight excluding hydrogens is 207 g/mol. The Labute approximate surface area is 89.3 Å². The van der Waals surface area contributed by atoms with E-state index in [2.05, 4.69) is 70.0 Å². The van der Waals surface area contributed by atoms with E-state index in [9.17, 15) is 0 Å². The van der Waals surface area contributed by atoms with Gasteiger partial charge >= 0.3 is 89.5 Å². The van der Waals surface area contributed by atoms with Gasteiger partial charge in [-0.1, -0.05) is 0 Å². The van der Waals surface area contributed by atoms with Crippen LogP contribution in [0.15, 0.2) is 40.9 Å². The summed E-state index contributed by atoms with van der Waals surface area (Å²) in [5, 5.41) is 2.62. The summed E-state index contributed by atoms with van der Waals surface area (Å²) in [4.78, 5) is 0. The fourth-order valence-electron chi connectivity index (χ4n) is 1.41. The third kappa shape index (κ3) is 1.33. The van der Waals surface area contributed by atoms with Crippen molar-refractivity contribution in [2.45, 2.75) is 0 Å². The van der Waals surface area contributed by atoms with Crippen molar-refractivity contribution < 1.29 is 0 Å². The number of hydrogen-bond donors (Lipinski definition) is 0. The molecule has 0 saturated carbocycles. The first-order valence-corrected chi connectivity index (χ1v) is 4.72. The van der Waals surface area contributed by atoms with Crippen LogP contribution in [0, 0.1) is 0 Å². The second-order valence-electron chi connectivity index (χ2n) is 2.91. The summed E-state index contributed by atoms with van der Waals surface area (Å²) in [6, 6.07) is 12.6. The zero-order valence-electron chi connectivity index (χ0n) is 6.84. The van der Waals surface area contributed by atoms with E-state index >= 15 is 0 Å². The van der Waals surface area contributed by atoms with E-state index in [-0.39, 0.29) is 0 Å². The van der Waals surface area contributed by atoms with E-state index in [0.29, 0.717) is 0 Å². The van der Waals surface area contributed by atoms with Crippen molar-refractivity contribution in [2.24, 2.45) is 0 Å². The first kappa shape index (κ1) is 8.38. The normalized spacial score (nSPS) is 10.6. The maximum atomic E-state index is 3.53. The van der Waals surface area contributed by atoms with Gasteiger partial charge in [0.1, 0.15) is 0 Å². The molecule has 2 aromatic rings. The molecule has 0 aliphatic carbocycles. The molecule has 0 radical (unpaired) electrons. The SMILES string of the molecule is [Li][c]1ccc(Br)c2ccccc12. The fraction of sp³-hybridized carbons (Fsp3) is 0. The molecule has 0 atom stereocenters. The molecule has 0 heterocycles. The van der Waals surface area contributed by atoms with Gasteiger partial charge in [-0.05, 0) is 0 Å². The number of hydrogen-bond acceptors (Lipinski definition) is 0. The van der Waals surface area contributed by atoms with Crippen molar-refractivity contribution in [3.05, 3.63) is 40.9 Å². The van der Waals surface area contributed by atoms with E-state index in [1.54, 1.807) is 0 Å². The summed E-state index contributed by atoms with van der Waals surface area (Å²) >= 11 is 5.66. The topological polar surface area (TPSA) is 0 Å². The van der Waals surface area contributed by atoms with Crippen LogP contribution in [-0.4, -0.2) is 17.7 Å². The Kier molecular flexibility index (Phi) is 2.28. The van der Waals surface area contributed by atoms with Crippen LogP contribution >= 0.6 is 15.9 Å². The van der Waals surface area contributed by atoms with Crippen molar-refractivity contribution in [3.8, 4) is 0 Å². The molecule has 2 heteroatoms. The van der Waals surface area contributed by atoms with E-state index in [1.807, 2.05) is 0 Å². The van der Waals surface area contributed by atoms with Gasteiger partial charge in [0.25, 0.3) is 0 Å². The predicted octanol–water partition coefficient (Wildman–Crippen LogP) is 2.40. The molecule has 0 aliphatic rings. The summed E-state index contributed by atoms with van der Waals surface area (Å²) in [6.45, 7) is 0. The summed E-state index contributed by atoms with van der Waals surface area (Å²) in [5.41, 5.74) is 0. The van der Waals surface area contributed by atoms with E-state index in [1.165, 1.54) is 19.5 Å². The van der Waals surface area contributed by atoms with Crippen LogP contribution in [-0.2, 0) is 0 Å². The Balaban J connectivity index is 2.95. The molecule has 0 spiro atoms. The van der Waals surface area contributed by atoms with Gasteiger partial charge in [-0.2, -0.15) is 0 Å². The van der Waals surface area contributed by atoms with Gasteiger partial charge in [0.2, 0.25) is 0 Å². The van der Waals surface area contributed by atoms with Gasteiger partial charge in [0, 0.05) is 0 Å². The third-order valence-corrected chi connectivity index (χ3v) is 2.78.